The molecule has 0 saturated heterocycles. The van der Waals surface area contributed by atoms with Crippen LogP contribution in [-0.2, 0) is 11.2 Å². The van der Waals surface area contributed by atoms with Crippen molar-refractivity contribution in [1.82, 2.24) is 9.97 Å². The molecule has 1 amide bonds. The average molecular weight is 410 g/mol. The molecule has 150 valence electrons. The minimum Gasteiger partial charge on any atom is -0.492 e. The second-order valence-electron chi connectivity index (χ2n) is 6.36. The summed E-state index contributed by atoms with van der Waals surface area (Å²) in [6.45, 7) is 4.22. The smallest absolute Gasteiger partial charge is 0.255 e. The summed E-state index contributed by atoms with van der Waals surface area (Å²) in [6.07, 6.45) is 0.522. The fourth-order valence-corrected chi connectivity index (χ4v) is 3.54. The molecule has 0 unspecified atom stereocenters. The number of hydrogen-bond acceptors (Lipinski definition) is 5. The van der Waals surface area contributed by atoms with E-state index in [0.717, 1.165) is 5.56 Å². The molecule has 6 nitrogen and oxygen atoms in total. The van der Waals surface area contributed by atoms with Crippen LogP contribution in [0.5, 0.6) is 5.75 Å². The zero-order valence-corrected chi connectivity index (χ0v) is 17.2. The quantitative estimate of drug-likeness (QED) is 0.437. The van der Waals surface area contributed by atoms with E-state index in [1.807, 2.05) is 56.3 Å². The third-order valence-electron chi connectivity index (χ3n) is 4.23. The number of aromatic amines is 1. The van der Waals surface area contributed by atoms with Crippen LogP contribution in [0.2, 0.25) is 0 Å². The van der Waals surface area contributed by atoms with Crippen molar-refractivity contribution >= 4 is 23.4 Å². The van der Waals surface area contributed by atoms with Crippen molar-refractivity contribution < 1.29 is 9.53 Å². The number of aryl methyl sites for hydroxylation is 1. The van der Waals surface area contributed by atoms with Crippen molar-refractivity contribution in [3.05, 3.63) is 81.8 Å². The molecule has 7 heteroatoms. The molecule has 2 aromatic carbocycles. The number of carbonyl (C=O) groups excluding carboxylic acids is 1. The van der Waals surface area contributed by atoms with Crippen LogP contribution in [0.15, 0.2) is 64.5 Å². The number of H-pyrrole nitrogens is 1. The second kappa shape index (κ2) is 9.93. The number of ether oxygens (including phenoxy) is 1. The van der Waals surface area contributed by atoms with Crippen LogP contribution in [0.1, 0.15) is 23.7 Å². The van der Waals surface area contributed by atoms with Gasteiger partial charge in [-0.15, -0.1) is 0 Å². The summed E-state index contributed by atoms with van der Waals surface area (Å²) in [6, 6.07) is 17.1. The first kappa shape index (κ1) is 20.7. The first-order valence-electron chi connectivity index (χ1n) is 9.35. The lowest BCUT2D eigenvalue weighted by Gasteiger charge is -2.11. The van der Waals surface area contributed by atoms with E-state index in [-0.39, 0.29) is 17.2 Å². The van der Waals surface area contributed by atoms with Crippen molar-refractivity contribution in [3.8, 4) is 5.75 Å². The summed E-state index contributed by atoms with van der Waals surface area (Å²) >= 11 is 1.19. The number of nitrogens with one attached hydrogen (secondary N) is 2. The molecule has 0 radical (unpaired) electrons. The Kier molecular flexibility index (Phi) is 7.08. The summed E-state index contributed by atoms with van der Waals surface area (Å²) in [5.74, 6) is 0.553. The predicted octanol–water partition coefficient (Wildman–Crippen LogP) is 3.80. The van der Waals surface area contributed by atoms with Gasteiger partial charge < -0.3 is 15.0 Å². The molecule has 0 aliphatic carbocycles. The third-order valence-corrected chi connectivity index (χ3v) is 5.10. The number of benzene rings is 2. The molecule has 0 bridgehead atoms. The van der Waals surface area contributed by atoms with Crippen LogP contribution in [0, 0.1) is 6.92 Å². The first-order valence-corrected chi connectivity index (χ1v) is 10.3. The van der Waals surface area contributed by atoms with Crippen molar-refractivity contribution in [3.63, 3.8) is 0 Å². The van der Waals surface area contributed by atoms with Crippen LogP contribution >= 0.6 is 11.8 Å². The molecule has 1 aromatic heterocycles. The van der Waals surface area contributed by atoms with Gasteiger partial charge in [0.05, 0.1) is 18.0 Å². The van der Waals surface area contributed by atoms with Crippen molar-refractivity contribution in [2.24, 2.45) is 0 Å². The Morgan fingerprint density at radius 3 is 2.59 bits per heavy atom. The maximum atomic E-state index is 12.5. The van der Waals surface area contributed by atoms with Gasteiger partial charge in [0.25, 0.3) is 5.56 Å². The van der Waals surface area contributed by atoms with E-state index in [2.05, 4.69) is 15.3 Å². The van der Waals surface area contributed by atoms with E-state index >= 15 is 0 Å². The Morgan fingerprint density at radius 1 is 1.14 bits per heavy atom. The highest BCUT2D eigenvalue weighted by Crippen LogP contribution is 2.24. The zero-order chi connectivity index (χ0) is 20.6. The van der Waals surface area contributed by atoms with Crippen LogP contribution in [0.3, 0.4) is 0 Å². The summed E-state index contributed by atoms with van der Waals surface area (Å²) in [5, 5.41) is 3.26. The van der Waals surface area contributed by atoms with Gasteiger partial charge >= 0.3 is 0 Å². The van der Waals surface area contributed by atoms with Crippen LogP contribution in [0.25, 0.3) is 0 Å². The van der Waals surface area contributed by atoms with Crippen molar-refractivity contribution in [1.29, 1.82) is 0 Å². The number of amides is 1. The van der Waals surface area contributed by atoms with Gasteiger partial charge in [0.1, 0.15) is 5.75 Å². The molecule has 0 aliphatic rings. The van der Waals surface area contributed by atoms with Gasteiger partial charge in [0.2, 0.25) is 5.91 Å². The van der Waals surface area contributed by atoms with Gasteiger partial charge in [-0.3, -0.25) is 9.59 Å². The highest BCUT2D eigenvalue weighted by atomic mass is 32.2. The molecule has 1 heterocycles. The van der Waals surface area contributed by atoms with E-state index in [9.17, 15) is 9.59 Å². The molecule has 3 aromatic rings. The standard InChI is InChI=1S/C22H23N3O3S/c1-3-28-19-12-8-7-11-18(19)24-20(26)14-29-22-23-15(2)17(21(27)25-22)13-16-9-5-4-6-10-16/h4-12H,3,13-14H2,1-2H3,(H,24,26)(H,23,25,27). The fraction of sp³-hybridized carbons (Fsp3) is 0.227. The van der Waals surface area contributed by atoms with Gasteiger partial charge in [0.15, 0.2) is 5.16 Å². The number of hydrogen-bond donors (Lipinski definition) is 2. The maximum absolute atomic E-state index is 12.5. The highest BCUT2D eigenvalue weighted by molar-refractivity contribution is 7.99. The molecule has 0 atom stereocenters. The molecule has 2 N–H and O–H groups in total. The first-order chi connectivity index (χ1) is 14.1. The molecule has 29 heavy (non-hydrogen) atoms. The summed E-state index contributed by atoms with van der Waals surface area (Å²) in [5.41, 5.74) is 2.80. The topological polar surface area (TPSA) is 84.1 Å². The van der Waals surface area contributed by atoms with Gasteiger partial charge in [-0.1, -0.05) is 54.2 Å². The number of thioether (sulfide) groups is 1. The minimum absolute atomic E-state index is 0.126. The number of rotatable bonds is 8. The largest absolute Gasteiger partial charge is 0.492 e. The number of carbonyl (C=O) groups is 1. The van der Waals surface area contributed by atoms with Crippen molar-refractivity contribution in [2.45, 2.75) is 25.4 Å². The molecule has 3 rings (SSSR count). The number of aromatic nitrogens is 2. The number of nitrogens with zero attached hydrogens (tertiary/aromatic N) is 1. The molecule has 0 saturated carbocycles. The lowest BCUT2D eigenvalue weighted by Crippen LogP contribution is -2.19. The molecule has 0 spiro atoms. The fourth-order valence-electron chi connectivity index (χ4n) is 2.83. The summed E-state index contributed by atoms with van der Waals surface area (Å²) in [7, 11) is 0. The SMILES string of the molecule is CCOc1ccccc1NC(=O)CSc1nc(C)c(Cc2ccccc2)c(=O)[nH]1. The summed E-state index contributed by atoms with van der Waals surface area (Å²) in [4.78, 5) is 32.0. The van der Waals surface area contributed by atoms with E-state index in [0.29, 0.717) is 40.9 Å². The zero-order valence-electron chi connectivity index (χ0n) is 16.4. The maximum Gasteiger partial charge on any atom is 0.255 e. The Hall–Kier alpha value is -3.06. The van der Waals surface area contributed by atoms with Gasteiger partial charge in [0, 0.05) is 17.7 Å². The Morgan fingerprint density at radius 2 is 1.86 bits per heavy atom. The normalized spacial score (nSPS) is 10.6. The monoisotopic (exact) mass is 409 g/mol. The predicted molar refractivity (Wildman–Crippen MR) is 116 cm³/mol. The minimum atomic E-state index is -0.198. The summed E-state index contributed by atoms with van der Waals surface area (Å²) < 4.78 is 5.51. The van der Waals surface area contributed by atoms with E-state index in [1.165, 1.54) is 11.8 Å². The Labute approximate surface area is 173 Å². The lowest BCUT2D eigenvalue weighted by atomic mass is 10.1. The van der Waals surface area contributed by atoms with E-state index < -0.39 is 0 Å². The second-order valence-corrected chi connectivity index (χ2v) is 7.33. The average Bonchev–Trinajstić information content (AvgIpc) is 2.72. The molecule has 0 fully saturated rings. The van der Waals surface area contributed by atoms with Crippen LogP contribution in [-0.4, -0.2) is 28.2 Å². The highest BCUT2D eigenvalue weighted by Gasteiger charge is 2.12. The Balaban J connectivity index is 1.64. The molecular weight excluding hydrogens is 386 g/mol. The third kappa shape index (κ3) is 5.71. The molecule has 0 aliphatic heterocycles. The Bertz CT molecular complexity index is 1030. The number of para-hydroxylation sites is 2. The lowest BCUT2D eigenvalue weighted by molar-refractivity contribution is -0.113. The molecular formula is C22H23N3O3S. The van der Waals surface area contributed by atoms with E-state index in [1.54, 1.807) is 12.1 Å². The van der Waals surface area contributed by atoms with Gasteiger partial charge in [-0.25, -0.2) is 4.98 Å². The van der Waals surface area contributed by atoms with Gasteiger partial charge in [-0.05, 0) is 31.5 Å². The van der Waals surface area contributed by atoms with Crippen LogP contribution < -0.4 is 15.6 Å². The van der Waals surface area contributed by atoms with Crippen LogP contribution in [0.4, 0.5) is 5.69 Å². The number of anilines is 1. The van der Waals surface area contributed by atoms with Gasteiger partial charge in [-0.2, -0.15) is 0 Å². The van der Waals surface area contributed by atoms with Crippen molar-refractivity contribution in [2.75, 3.05) is 17.7 Å². The van der Waals surface area contributed by atoms with E-state index in [4.69, 9.17) is 4.74 Å².